The lowest BCUT2D eigenvalue weighted by Crippen LogP contribution is -2.12. The molecule has 0 saturated carbocycles. The molecule has 0 unspecified atom stereocenters. The number of nitrogens with one attached hydrogen (secondary N) is 1. The molecule has 3 rings (SSSR count). The molecule has 1 heterocycles. The first kappa shape index (κ1) is 20.3. The van der Waals surface area contributed by atoms with Gasteiger partial charge in [0, 0.05) is 5.69 Å². The number of aryl methyl sites for hydroxylation is 1. The molecule has 152 valence electrons. The highest BCUT2D eigenvalue weighted by Gasteiger charge is 2.15. The zero-order valence-electron chi connectivity index (χ0n) is 17.0. The van der Waals surface area contributed by atoms with Crippen LogP contribution in [0.15, 0.2) is 52.9 Å². The Morgan fingerprint density at radius 3 is 2.45 bits per heavy atom. The first-order valence-electron chi connectivity index (χ1n) is 9.37. The van der Waals surface area contributed by atoms with E-state index in [4.69, 9.17) is 13.9 Å². The van der Waals surface area contributed by atoms with Crippen LogP contribution in [0.25, 0.3) is 0 Å². The fraction of sp³-hybridized carbons (Fsp3) is 0.261. The van der Waals surface area contributed by atoms with Crippen molar-refractivity contribution in [2.45, 2.75) is 33.3 Å². The molecular formula is C23H25NO5. The minimum atomic E-state index is -0.357. The Hall–Kier alpha value is -3.41. The molecule has 0 atom stereocenters. The molecular weight excluding hydrogens is 370 g/mol. The number of amides is 1. The quantitative estimate of drug-likeness (QED) is 0.534. The van der Waals surface area contributed by atoms with Gasteiger partial charge in [0.05, 0.1) is 7.11 Å². The van der Waals surface area contributed by atoms with Crippen LogP contribution < -0.4 is 14.8 Å². The Kier molecular flexibility index (Phi) is 6.12. The Balaban J connectivity index is 1.65. The summed E-state index contributed by atoms with van der Waals surface area (Å²) in [5.74, 6) is 2.16. The van der Waals surface area contributed by atoms with E-state index in [1.165, 1.54) is 0 Å². The van der Waals surface area contributed by atoms with Crippen LogP contribution in [-0.4, -0.2) is 18.1 Å². The highest BCUT2D eigenvalue weighted by atomic mass is 16.5. The third kappa shape index (κ3) is 4.90. The number of ether oxygens (including phenoxy) is 2. The molecule has 3 aromatic rings. The van der Waals surface area contributed by atoms with E-state index in [0.717, 1.165) is 16.9 Å². The van der Waals surface area contributed by atoms with Gasteiger partial charge in [0.1, 0.15) is 29.6 Å². The van der Waals surface area contributed by atoms with E-state index in [9.17, 15) is 9.90 Å². The summed E-state index contributed by atoms with van der Waals surface area (Å²) >= 11 is 0. The molecule has 2 N–H and O–H groups in total. The second-order valence-corrected chi connectivity index (χ2v) is 7.06. The summed E-state index contributed by atoms with van der Waals surface area (Å²) in [7, 11) is 1.61. The predicted octanol–water partition coefficient (Wildman–Crippen LogP) is 5.26. The van der Waals surface area contributed by atoms with Crippen molar-refractivity contribution in [3.8, 4) is 17.2 Å². The van der Waals surface area contributed by atoms with E-state index in [-0.39, 0.29) is 29.9 Å². The molecule has 1 aromatic heterocycles. The Morgan fingerprint density at radius 1 is 1.10 bits per heavy atom. The Bertz CT molecular complexity index is 989. The number of phenols is 1. The molecule has 0 aliphatic rings. The smallest absolute Gasteiger partial charge is 0.291 e. The van der Waals surface area contributed by atoms with Gasteiger partial charge < -0.3 is 24.3 Å². The topological polar surface area (TPSA) is 80.9 Å². The van der Waals surface area contributed by atoms with Gasteiger partial charge in [0.2, 0.25) is 0 Å². The molecule has 29 heavy (non-hydrogen) atoms. The maximum atomic E-state index is 12.6. The van der Waals surface area contributed by atoms with E-state index in [0.29, 0.717) is 17.2 Å². The van der Waals surface area contributed by atoms with E-state index < -0.39 is 0 Å². The second kappa shape index (κ2) is 8.73. The van der Waals surface area contributed by atoms with Crippen LogP contribution in [0.1, 0.15) is 47.2 Å². The van der Waals surface area contributed by atoms with Crippen molar-refractivity contribution >= 4 is 11.6 Å². The van der Waals surface area contributed by atoms with E-state index in [1.54, 1.807) is 43.5 Å². The fourth-order valence-electron chi connectivity index (χ4n) is 2.89. The van der Waals surface area contributed by atoms with Crippen LogP contribution >= 0.6 is 0 Å². The van der Waals surface area contributed by atoms with Gasteiger partial charge in [-0.25, -0.2) is 0 Å². The average Bonchev–Trinajstić information content (AvgIpc) is 3.17. The summed E-state index contributed by atoms with van der Waals surface area (Å²) in [6.45, 7) is 6.00. The zero-order valence-corrected chi connectivity index (χ0v) is 17.0. The number of furan rings is 1. The summed E-state index contributed by atoms with van der Waals surface area (Å²) in [6, 6.07) is 14.0. The summed E-state index contributed by atoms with van der Waals surface area (Å²) in [5.41, 5.74) is 2.19. The zero-order chi connectivity index (χ0) is 21.0. The first-order chi connectivity index (χ1) is 13.9. The maximum absolute atomic E-state index is 12.6. The molecule has 0 spiro atoms. The van der Waals surface area contributed by atoms with Gasteiger partial charge in [-0.1, -0.05) is 13.8 Å². The van der Waals surface area contributed by atoms with E-state index in [1.807, 2.05) is 32.9 Å². The van der Waals surface area contributed by atoms with E-state index >= 15 is 0 Å². The maximum Gasteiger partial charge on any atom is 0.291 e. The third-order valence-electron chi connectivity index (χ3n) is 4.57. The minimum absolute atomic E-state index is 0.136. The number of rotatable bonds is 7. The lowest BCUT2D eigenvalue weighted by molar-refractivity contribution is 0.0992. The van der Waals surface area contributed by atoms with Crippen LogP contribution in [0.2, 0.25) is 0 Å². The van der Waals surface area contributed by atoms with Crippen molar-refractivity contribution in [2.24, 2.45) is 0 Å². The molecule has 0 bridgehead atoms. The molecule has 6 heteroatoms. The molecule has 1 amide bonds. The number of carbonyl (C=O) groups excluding carboxylic acids is 1. The fourth-order valence-corrected chi connectivity index (χ4v) is 2.89. The molecule has 0 aliphatic heterocycles. The first-order valence-corrected chi connectivity index (χ1v) is 9.37. The number of hydrogen-bond acceptors (Lipinski definition) is 5. The highest BCUT2D eigenvalue weighted by Crippen LogP contribution is 2.31. The Labute approximate surface area is 170 Å². The van der Waals surface area contributed by atoms with Crippen LogP contribution in [-0.2, 0) is 6.61 Å². The average molecular weight is 395 g/mol. The second-order valence-electron chi connectivity index (χ2n) is 7.06. The van der Waals surface area contributed by atoms with Crippen molar-refractivity contribution < 1.29 is 23.8 Å². The lowest BCUT2D eigenvalue weighted by Gasteiger charge is -2.14. The number of phenolic OH excluding ortho intramolecular Hbond substituents is 1. The van der Waals surface area contributed by atoms with E-state index in [2.05, 4.69) is 5.32 Å². The van der Waals surface area contributed by atoms with Crippen LogP contribution in [0, 0.1) is 6.92 Å². The molecule has 2 aromatic carbocycles. The van der Waals surface area contributed by atoms with Crippen molar-refractivity contribution in [3.63, 3.8) is 0 Å². The minimum Gasteiger partial charge on any atom is -0.508 e. The normalized spacial score (nSPS) is 10.8. The molecule has 0 aliphatic carbocycles. The number of aromatic hydroxyl groups is 1. The number of anilines is 1. The van der Waals surface area contributed by atoms with Gasteiger partial charge in [0.15, 0.2) is 5.76 Å². The van der Waals surface area contributed by atoms with Crippen molar-refractivity contribution in [3.05, 3.63) is 71.2 Å². The lowest BCUT2D eigenvalue weighted by atomic mass is 9.99. The van der Waals surface area contributed by atoms with Crippen LogP contribution in [0.3, 0.4) is 0 Å². The van der Waals surface area contributed by atoms with Gasteiger partial charge in [0.25, 0.3) is 5.91 Å². The summed E-state index contributed by atoms with van der Waals surface area (Å²) in [4.78, 5) is 12.6. The van der Waals surface area contributed by atoms with Gasteiger partial charge in [-0.3, -0.25) is 4.79 Å². The number of methoxy groups -OCH3 is 1. The molecule has 0 radical (unpaired) electrons. The standard InChI is InChI=1S/C23H25NO5/c1-14(2)19-12-20(15(3)11-21(19)25)24-23(26)22-10-9-18(29-22)13-28-17-7-5-16(27-4)6-8-17/h5-12,14,25H,13H2,1-4H3,(H,24,26). The summed E-state index contributed by atoms with van der Waals surface area (Å²) in [5, 5.41) is 12.9. The SMILES string of the molecule is COc1ccc(OCc2ccc(C(=O)Nc3cc(C(C)C)c(O)cc3C)o2)cc1. The molecule has 6 nitrogen and oxygen atoms in total. The predicted molar refractivity (Wildman–Crippen MR) is 111 cm³/mol. The number of hydrogen-bond donors (Lipinski definition) is 2. The van der Waals surface area contributed by atoms with Crippen molar-refractivity contribution in [2.75, 3.05) is 12.4 Å². The van der Waals surface area contributed by atoms with Gasteiger partial charge in [-0.2, -0.15) is 0 Å². The monoisotopic (exact) mass is 395 g/mol. The number of benzene rings is 2. The van der Waals surface area contributed by atoms with Crippen LogP contribution in [0.5, 0.6) is 17.2 Å². The molecule has 0 fully saturated rings. The van der Waals surface area contributed by atoms with Crippen molar-refractivity contribution in [1.29, 1.82) is 0 Å². The summed E-state index contributed by atoms with van der Waals surface area (Å²) < 4.78 is 16.4. The molecule has 0 saturated heterocycles. The highest BCUT2D eigenvalue weighted by molar-refractivity contribution is 6.02. The van der Waals surface area contributed by atoms with Gasteiger partial charge in [-0.15, -0.1) is 0 Å². The largest absolute Gasteiger partial charge is 0.508 e. The third-order valence-corrected chi connectivity index (χ3v) is 4.57. The van der Waals surface area contributed by atoms with Gasteiger partial charge in [-0.05, 0) is 72.5 Å². The summed E-state index contributed by atoms with van der Waals surface area (Å²) in [6.07, 6.45) is 0. The van der Waals surface area contributed by atoms with Crippen LogP contribution in [0.4, 0.5) is 5.69 Å². The number of carbonyl (C=O) groups is 1. The van der Waals surface area contributed by atoms with Gasteiger partial charge >= 0.3 is 0 Å². The Morgan fingerprint density at radius 2 is 1.79 bits per heavy atom. The van der Waals surface area contributed by atoms with Crippen molar-refractivity contribution in [1.82, 2.24) is 0 Å².